The summed E-state index contributed by atoms with van der Waals surface area (Å²) in [7, 11) is 0. The Hall–Kier alpha value is -3.47. The molecular weight excluding hydrogens is 401 g/mol. The molecule has 3 heterocycles. The van der Waals surface area contributed by atoms with Gasteiger partial charge in [-0.25, -0.2) is 4.39 Å². The van der Waals surface area contributed by atoms with Crippen LogP contribution >= 0.6 is 0 Å². The molecule has 5 rings (SSSR count). The maximum absolute atomic E-state index is 15.3. The Morgan fingerprint density at radius 3 is 2.56 bits per heavy atom. The second-order valence-corrected chi connectivity index (χ2v) is 8.56. The molecule has 1 aromatic heterocycles. The van der Waals surface area contributed by atoms with Crippen LogP contribution in [0.1, 0.15) is 48.4 Å². The fourth-order valence-electron chi connectivity index (χ4n) is 4.29. The first-order valence-electron chi connectivity index (χ1n) is 11.1. The first kappa shape index (κ1) is 20.4. The van der Waals surface area contributed by atoms with Crippen LogP contribution in [0.15, 0.2) is 77.7 Å². The molecule has 2 aliphatic heterocycles. The van der Waals surface area contributed by atoms with Crippen molar-refractivity contribution < 1.29 is 9.13 Å². The third kappa shape index (κ3) is 3.91. The second kappa shape index (κ2) is 8.58. The van der Waals surface area contributed by atoms with Crippen molar-refractivity contribution in [3.05, 3.63) is 101 Å². The quantitative estimate of drug-likeness (QED) is 0.565. The van der Waals surface area contributed by atoms with Crippen LogP contribution in [-0.4, -0.2) is 23.3 Å². The first-order valence-corrected chi connectivity index (χ1v) is 11.1. The number of hydrogen-bond donors (Lipinski definition) is 1. The highest BCUT2D eigenvalue weighted by Gasteiger charge is 2.34. The van der Waals surface area contributed by atoms with Crippen LogP contribution in [0.4, 0.5) is 4.39 Å². The van der Waals surface area contributed by atoms with Crippen molar-refractivity contribution in [3.8, 4) is 5.75 Å². The molecule has 1 atom stereocenters. The summed E-state index contributed by atoms with van der Waals surface area (Å²) < 4.78 is 21.2. The summed E-state index contributed by atoms with van der Waals surface area (Å²) in [6, 6.07) is 17.4. The van der Waals surface area contributed by atoms with Gasteiger partial charge >= 0.3 is 0 Å². The number of hydrogen-bond acceptors (Lipinski definition) is 4. The maximum atomic E-state index is 15.3. The Morgan fingerprint density at radius 2 is 1.84 bits per heavy atom. The number of pyridine rings is 1. The van der Waals surface area contributed by atoms with E-state index in [1.54, 1.807) is 18.5 Å². The van der Waals surface area contributed by atoms with Gasteiger partial charge in [0.05, 0.1) is 11.8 Å². The molecule has 0 amide bonds. The molecule has 4 nitrogen and oxygen atoms in total. The highest BCUT2D eigenvalue weighted by atomic mass is 19.1. The van der Waals surface area contributed by atoms with E-state index in [9.17, 15) is 0 Å². The maximum Gasteiger partial charge on any atom is 0.134 e. The highest BCUT2D eigenvalue weighted by Crippen LogP contribution is 2.37. The number of halogens is 1. The summed E-state index contributed by atoms with van der Waals surface area (Å²) in [5, 5.41) is 3.42. The minimum absolute atomic E-state index is 0.0669. The lowest BCUT2D eigenvalue weighted by Gasteiger charge is -2.13. The Morgan fingerprint density at radius 1 is 1.06 bits per heavy atom. The fourth-order valence-corrected chi connectivity index (χ4v) is 4.29. The number of fused-ring (bicyclic) bond motifs is 1. The number of rotatable bonds is 6. The summed E-state index contributed by atoms with van der Waals surface area (Å²) in [6.45, 7) is 5.60. The Bertz CT molecular complexity index is 1180. The molecule has 0 bridgehead atoms. The van der Waals surface area contributed by atoms with Crippen molar-refractivity contribution >= 4 is 11.3 Å². The molecule has 1 N–H and O–H groups in total. The van der Waals surface area contributed by atoms with Gasteiger partial charge in [-0.1, -0.05) is 38.1 Å². The van der Waals surface area contributed by atoms with Crippen LogP contribution in [0.5, 0.6) is 5.75 Å². The van der Waals surface area contributed by atoms with Crippen LogP contribution in [0.3, 0.4) is 0 Å². The highest BCUT2D eigenvalue weighted by molar-refractivity contribution is 6.34. The monoisotopic (exact) mass is 427 g/mol. The molecular formula is C27H26FN3O. The van der Waals surface area contributed by atoms with Gasteiger partial charge in [-0.05, 0) is 47.7 Å². The lowest BCUT2D eigenvalue weighted by Crippen LogP contribution is -2.12. The van der Waals surface area contributed by atoms with E-state index in [2.05, 4.69) is 48.4 Å². The standard InChI is InChI=1S/C27H26FN3O/c1-17(2)19-5-3-18(4-6-19)16-32-21-7-8-22(23(28)15-21)25-26(20-9-12-29-13-10-20)31-24-11-14-30-27(24)25/h3-10,12-13,15,17,24,30H,11,14,16H2,1-2H3. The van der Waals surface area contributed by atoms with E-state index in [1.165, 1.54) is 11.6 Å². The van der Waals surface area contributed by atoms with Crippen LogP contribution in [0, 0.1) is 5.82 Å². The van der Waals surface area contributed by atoms with Gasteiger partial charge in [0.15, 0.2) is 0 Å². The molecule has 5 heteroatoms. The van der Waals surface area contributed by atoms with Gasteiger partial charge in [0.2, 0.25) is 0 Å². The summed E-state index contributed by atoms with van der Waals surface area (Å²) >= 11 is 0. The first-order chi connectivity index (χ1) is 15.6. The average Bonchev–Trinajstić information content (AvgIpc) is 3.40. The number of nitrogens with zero attached hydrogens (tertiary/aromatic N) is 2. The SMILES string of the molecule is CC(C)c1ccc(COc2ccc(C3=C4NCCC4N=C3c3ccncc3)c(F)c2)cc1. The normalized spacial score (nSPS) is 17.4. The van der Waals surface area contributed by atoms with E-state index >= 15 is 4.39 Å². The van der Waals surface area contributed by atoms with E-state index in [1.807, 2.05) is 18.2 Å². The number of aromatic nitrogens is 1. The van der Waals surface area contributed by atoms with Crippen molar-refractivity contribution in [2.45, 2.75) is 38.8 Å². The Kier molecular flexibility index (Phi) is 5.48. The molecule has 162 valence electrons. The molecule has 0 spiro atoms. The number of nitrogens with one attached hydrogen (secondary N) is 1. The van der Waals surface area contributed by atoms with Crippen molar-refractivity contribution in [1.29, 1.82) is 0 Å². The third-order valence-corrected chi connectivity index (χ3v) is 6.07. The molecule has 0 saturated carbocycles. The topological polar surface area (TPSA) is 46.5 Å². The van der Waals surface area contributed by atoms with E-state index < -0.39 is 0 Å². The lowest BCUT2D eigenvalue weighted by atomic mass is 9.95. The fraction of sp³-hybridized carbons (Fsp3) is 0.259. The van der Waals surface area contributed by atoms with Gasteiger partial charge in [-0.3, -0.25) is 9.98 Å². The van der Waals surface area contributed by atoms with Crippen LogP contribution < -0.4 is 10.1 Å². The molecule has 0 aliphatic carbocycles. The summed E-state index contributed by atoms with van der Waals surface area (Å²) in [4.78, 5) is 8.99. The smallest absolute Gasteiger partial charge is 0.134 e. The average molecular weight is 428 g/mol. The van der Waals surface area contributed by atoms with Crippen molar-refractivity contribution in [2.24, 2.45) is 4.99 Å². The molecule has 2 aromatic carbocycles. The van der Waals surface area contributed by atoms with Gasteiger partial charge in [0.25, 0.3) is 0 Å². The molecule has 0 radical (unpaired) electrons. The minimum Gasteiger partial charge on any atom is -0.489 e. The summed E-state index contributed by atoms with van der Waals surface area (Å²) in [6.07, 6.45) is 4.40. The number of benzene rings is 2. The number of ether oxygens (including phenoxy) is 1. The largest absolute Gasteiger partial charge is 0.489 e. The van der Waals surface area contributed by atoms with Gasteiger partial charge in [0, 0.05) is 47.4 Å². The van der Waals surface area contributed by atoms with Crippen molar-refractivity contribution in [2.75, 3.05) is 6.54 Å². The van der Waals surface area contributed by atoms with Gasteiger partial charge in [-0.15, -0.1) is 0 Å². The molecule has 3 aromatic rings. The molecule has 1 unspecified atom stereocenters. The van der Waals surface area contributed by atoms with E-state index in [4.69, 9.17) is 9.73 Å². The van der Waals surface area contributed by atoms with Gasteiger partial charge in [-0.2, -0.15) is 0 Å². The van der Waals surface area contributed by atoms with E-state index in [0.29, 0.717) is 23.8 Å². The van der Waals surface area contributed by atoms with Crippen LogP contribution in [-0.2, 0) is 6.61 Å². The molecule has 2 aliphatic rings. The van der Waals surface area contributed by atoms with Crippen molar-refractivity contribution in [1.82, 2.24) is 10.3 Å². The van der Waals surface area contributed by atoms with Crippen LogP contribution in [0.2, 0.25) is 0 Å². The summed E-state index contributed by atoms with van der Waals surface area (Å²) in [5.74, 6) is 0.699. The van der Waals surface area contributed by atoms with Gasteiger partial charge in [0.1, 0.15) is 18.2 Å². The predicted octanol–water partition coefficient (Wildman–Crippen LogP) is 5.50. The Balaban J connectivity index is 1.39. The zero-order chi connectivity index (χ0) is 22.1. The molecule has 1 fully saturated rings. The minimum atomic E-state index is -0.309. The van der Waals surface area contributed by atoms with E-state index in [0.717, 1.165) is 41.1 Å². The number of aliphatic imine (C=N–C) groups is 1. The second-order valence-electron chi connectivity index (χ2n) is 8.56. The molecule has 32 heavy (non-hydrogen) atoms. The zero-order valence-electron chi connectivity index (χ0n) is 18.3. The predicted molar refractivity (Wildman–Crippen MR) is 125 cm³/mol. The van der Waals surface area contributed by atoms with Crippen molar-refractivity contribution in [3.63, 3.8) is 0 Å². The molecule has 1 saturated heterocycles. The lowest BCUT2D eigenvalue weighted by molar-refractivity contribution is 0.304. The summed E-state index contributed by atoms with van der Waals surface area (Å²) in [5.41, 5.74) is 6.51. The zero-order valence-corrected chi connectivity index (χ0v) is 18.3. The number of allylic oxidation sites excluding steroid dienone is 1. The Labute approximate surface area is 187 Å². The third-order valence-electron chi connectivity index (χ3n) is 6.07. The van der Waals surface area contributed by atoms with Gasteiger partial charge < -0.3 is 10.1 Å². The van der Waals surface area contributed by atoms with E-state index in [-0.39, 0.29) is 11.9 Å². The van der Waals surface area contributed by atoms with Crippen LogP contribution in [0.25, 0.3) is 5.57 Å².